The Hall–Kier alpha value is -3.16. The van der Waals surface area contributed by atoms with Gasteiger partial charge in [0.2, 0.25) is 0 Å². The van der Waals surface area contributed by atoms with Gasteiger partial charge in [-0.15, -0.1) is 0 Å². The normalized spacial score (nSPS) is 12.2. The quantitative estimate of drug-likeness (QED) is 0.581. The van der Waals surface area contributed by atoms with Crippen LogP contribution in [0.3, 0.4) is 0 Å². The third-order valence-corrected chi connectivity index (χ3v) is 6.34. The summed E-state index contributed by atoms with van der Waals surface area (Å²) in [6, 6.07) is 23.5. The number of carbonyl (C=O) groups excluding carboxylic acids is 1. The van der Waals surface area contributed by atoms with E-state index < -0.39 is 16.1 Å². The zero-order valence-electron chi connectivity index (χ0n) is 16.6. The molecule has 0 fully saturated rings. The van der Waals surface area contributed by atoms with E-state index in [2.05, 4.69) is 5.32 Å². The summed E-state index contributed by atoms with van der Waals surface area (Å²) in [4.78, 5) is 12.6. The molecule has 0 saturated carbocycles. The SMILES string of the molecule is CC(CO)NC(=O)c1cccc(N(Cc2ccccc2)S(=O)(=O)c2ccccc2)c1. The third-order valence-electron chi connectivity index (χ3n) is 4.55. The lowest BCUT2D eigenvalue weighted by Crippen LogP contribution is -2.35. The Morgan fingerprint density at radius 1 is 0.967 bits per heavy atom. The molecular weight excluding hydrogens is 400 g/mol. The second kappa shape index (κ2) is 9.56. The highest BCUT2D eigenvalue weighted by molar-refractivity contribution is 7.92. The van der Waals surface area contributed by atoms with Gasteiger partial charge < -0.3 is 10.4 Å². The summed E-state index contributed by atoms with van der Waals surface area (Å²) >= 11 is 0. The van der Waals surface area contributed by atoms with Crippen LogP contribution < -0.4 is 9.62 Å². The number of sulfonamides is 1. The van der Waals surface area contributed by atoms with E-state index in [1.807, 2.05) is 30.3 Å². The van der Waals surface area contributed by atoms with Gasteiger partial charge in [0.1, 0.15) is 0 Å². The predicted molar refractivity (Wildman–Crippen MR) is 117 cm³/mol. The van der Waals surface area contributed by atoms with E-state index in [1.54, 1.807) is 61.5 Å². The molecule has 0 heterocycles. The van der Waals surface area contributed by atoms with Crippen molar-refractivity contribution in [3.05, 3.63) is 96.1 Å². The first kappa shape index (κ1) is 21.5. The first-order valence-corrected chi connectivity index (χ1v) is 11.0. The van der Waals surface area contributed by atoms with Gasteiger partial charge in [-0.05, 0) is 42.8 Å². The summed E-state index contributed by atoms with van der Waals surface area (Å²) in [7, 11) is -3.86. The van der Waals surface area contributed by atoms with Crippen molar-refractivity contribution in [1.82, 2.24) is 5.32 Å². The van der Waals surface area contributed by atoms with Crippen molar-refractivity contribution in [2.75, 3.05) is 10.9 Å². The standard InChI is InChI=1S/C23H24N2O4S/c1-18(17-26)24-23(27)20-11-8-12-21(15-20)25(16-19-9-4-2-5-10-19)30(28,29)22-13-6-3-7-14-22/h2-15,18,26H,16-17H2,1H3,(H,24,27). The topological polar surface area (TPSA) is 86.7 Å². The second-order valence-corrected chi connectivity index (χ2v) is 8.78. The number of carbonyl (C=O) groups is 1. The van der Waals surface area contributed by atoms with Crippen LogP contribution in [0, 0.1) is 0 Å². The monoisotopic (exact) mass is 424 g/mol. The van der Waals surface area contributed by atoms with E-state index in [4.69, 9.17) is 5.11 Å². The zero-order valence-corrected chi connectivity index (χ0v) is 17.4. The Labute approximate surface area is 176 Å². The van der Waals surface area contributed by atoms with Crippen molar-refractivity contribution in [2.45, 2.75) is 24.4 Å². The molecule has 0 aliphatic rings. The fraction of sp³-hybridized carbons (Fsp3) is 0.174. The lowest BCUT2D eigenvalue weighted by molar-refractivity contribution is 0.0922. The predicted octanol–water partition coefficient (Wildman–Crippen LogP) is 3.19. The fourth-order valence-corrected chi connectivity index (χ4v) is 4.40. The van der Waals surface area contributed by atoms with Crippen LogP contribution in [0.2, 0.25) is 0 Å². The second-order valence-electron chi connectivity index (χ2n) is 6.92. The third kappa shape index (κ3) is 5.06. The van der Waals surface area contributed by atoms with Gasteiger partial charge in [0.05, 0.1) is 23.7 Å². The number of aliphatic hydroxyl groups excluding tert-OH is 1. The molecule has 2 N–H and O–H groups in total. The molecule has 1 atom stereocenters. The molecule has 30 heavy (non-hydrogen) atoms. The molecule has 6 nitrogen and oxygen atoms in total. The summed E-state index contributed by atoms with van der Waals surface area (Å²) < 4.78 is 28.2. The highest BCUT2D eigenvalue weighted by atomic mass is 32.2. The zero-order chi connectivity index (χ0) is 21.6. The van der Waals surface area contributed by atoms with Crippen molar-refractivity contribution in [1.29, 1.82) is 0 Å². The molecule has 0 spiro atoms. The first-order valence-electron chi connectivity index (χ1n) is 9.55. The summed E-state index contributed by atoms with van der Waals surface area (Å²) in [6.45, 7) is 1.62. The molecule has 156 valence electrons. The number of rotatable bonds is 8. The number of hydrogen-bond donors (Lipinski definition) is 2. The lowest BCUT2D eigenvalue weighted by atomic mass is 10.1. The van der Waals surface area contributed by atoms with E-state index >= 15 is 0 Å². The summed E-state index contributed by atoms with van der Waals surface area (Å²) in [5, 5.41) is 11.8. The maximum absolute atomic E-state index is 13.4. The minimum absolute atomic E-state index is 0.121. The number of aliphatic hydroxyl groups is 1. The van der Waals surface area contributed by atoms with Crippen LogP contribution in [0.4, 0.5) is 5.69 Å². The van der Waals surface area contributed by atoms with E-state index in [9.17, 15) is 13.2 Å². The Morgan fingerprint density at radius 3 is 2.23 bits per heavy atom. The molecule has 0 saturated heterocycles. The molecule has 7 heteroatoms. The van der Waals surface area contributed by atoms with E-state index in [0.29, 0.717) is 11.3 Å². The van der Waals surface area contributed by atoms with Gasteiger partial charge in [-0.1, -0.05) is 54.6 Å². The van der Waals surface area contributed by atoms with Crippen LogP contribution in [-0.2, 0) is 16.6 Å². The molecule has 0 aromatic heterocycles. The molecule has 0 aliphatic heterocycles. The van der Waals surface area contributed by atoms with Crippen molar-refractivity contribution in [3.63, 3.8) is 0 Å². The molecular formula is C23H24N2O4S. The largest absolute Gasteiger partial charge is 0.394 e. The maximum Gasteiger partial charge on any atom is 0.264 e. The Morgan fingerprint density at radius 2 is 1.60 bits per heavy atom. The average molecular weight is 425 g/mol. The molecule has 0 bridgehead atoms. The number of nitrogens with zero attached hydrogens (tertiary/aromatic N) is 1. The smallest absolute Gasteiger partial charge is 0.264 e. The molecule has 3 aromatic carbocycles. The van der Waals surface area contributed by atoms with Gasteiger partial charge in [0.25, 0.3) is 15.9 Å². The highest BCUT2D eigenvalue weighted by Crippen LogP contribution is 2.27. The van der Waals surface area contributed by atoms with E-state index in [0.717, 1.165) is 5.56 Å². The molecule has 0 aliphatic carbocycles. The Kier molecular flexibility index (Phi) is 6.87. The average Bonchev–Trinajstić information content (AvgIpc) is 2.78. The number of nitrogens with one attached hydrogen (secondary N) is 1. The van der Waals surface area contributed by atoms with Gasteiger partial charge in [-0.25, -0.2) is 8.42 Å². The van der Waals surface area contributed by atoms with Gasteiger partial charge in [-0.3, -0.25) is 9.10 Å². The van der Waals surface area contributed by atoms with E-state index in [1.165, 1.54) is 4.31 Å². The van der Waals surface area contributed by atoms with Crippen molar-refractivity contribution in [3.8, 4) is 0 Å². The number of amides is 1. The van der Waals surface area contributed by atoms with E-state index in [-0.39, 0.29) is 24.0 Å². The van der Waals surface area contributed by atoms with Crippen LogP contribution in [0.5, 0.6) is 0 Å². The summed E-state index contributed by atoms with van der Waals surface area (Å²) in [5.41, 5.74) is 1.52. The summed E-state index contributed by atoms with van der Waals surface area (Å²) in [6.07, 6.45) is 0. The van der Waals surface area contributed by atoms with Crippen molar-refractivity contribution >= 4 is 21.6 Å². The van der Waals surface area contributed by atoms with Crippen molar-refractivity contribution < 1.29 is 18.3 Å². The lowest BCUT2D eigenvalue weighted by Gasteiger charge is -2.25. The maximum atomic E-state index is 13.4. The van der Waals surface area contributed by atoms with Crippen molar-refractivity contribution in [2.24, 2.45) is 0 Å². The number of anilines is 1. The Bertz CT molecular complexity index is 1090. The van der Waals surface area contributed by atoms with Crippen LogP contribution in [0.1, 0.15) is 22.8 Å². The van der Waals surface area contributed by atoms with Gasteiger partial charge in [-0.2, -0.15) is 0 Å². The van der Waals surface area contributed by atoms with Gasteiger partial charge in [0.15, 0.2) is 0 Å². The van der Waals surface area contributed by atoms with Crippen LogP contribution >= 0.6 is 0 Å². The van der Waals surface area contributed by atoms with Crippen LogP contribution in [0.25, 0.3) is 0 Å². The van der Waals surface area contributed by atoms with Crippen LogP contribution in [0.15, 0.2) is 89.8 Å². The summed E-state index contributed by atoms with van der Waals surface area (Å²) in [5.74, 6) is -0.379. The highest BCUT2D eigenvalue weighted by Gasteiger charge is 2.25. The first-order chi connectivity index (χ1) is 14.4. The van der Waals surface area contributed by atoms with Gasteiger partial charge >= 0.3 is 0 Å². The Balaban J connectivity index is 2.03. The fourth-order valence-electron chi connectivity index (χ4n) is 2.94. The minimum Gasteiger partial charge on any atom is -0.394 e. The van der Waals surface area contributed by atoms with Crippen LogP contribution in [-0.4, -0.2) is 32.1 Å². The molecule has 3 rings (SSSR count). The molecule has 1 amide bonds. The number of hydrogen-bond acceptors (Lipinski definition) is 4. The molecule has 1 unspecified atom stereocenters. The minimum atomic E-state index is -3.86. The number of benzene rings is 3. The molecule has 3 aromatic rings. The molecule has 0 radical (unpaired) electrons. The van der Waals surface area contributed by atoms with Gasteiger partial charge in [0, 0.05) is 11.6 Å².